The molecule has 0 aliphatic carbocycles. The van der Waals surface area contributed by atoms with E-state index < -0.39 is 11.6 Å². The molecule has 1 heterocycles. The summed E-state index contributed by atoms with van der Waals surface area (Å²) in [5.41, 5.74) is 0.484. The van der Waals surface area contributed by atoms with Gasteiger partial charge >= 0.3 is 5.97 Å². The second-order valence-corrected chi connectivity index (χ2v) is 6.13. The first-order valence-electron chi connectivity index (χ1n) is 7.17. The van der Waals surface area contributed by atoms with E-state index in [2.05, 4.69) is 0 Å². The molecule has 3 nitrogen and oxygen atoms in total. The van der Waals surface area contributed by atoms with Gasteiger partial charge in [-0.3, -0.25) is 0 Å². The molecule has 1 unspecified atom stereocenters. The predicted molar refractivity (Wildman–Crippen MR) is 91.1 cm³/mol. The van der Waals surface area contributed by atoms with Crippen LogP contribution in [0.5, 0.6) is 5.75 Å². The van der Waals surface area contributed by atoms with Gasteiger partial charge in [0.2, 0.25) is 0 Å². The maximum atomic E-state index is 11.9. The lowest BCUT2D eigenvalue weighted by Crippen LogP contribution is -2.39. The first kappa shape index (κ1) is 15.9. The molecule has 0 radical (unpaired) electrons. The first-order valence-corrected chi connectivity index (χ1v) is 7.92. The van der Waals surface area contributed by atoms with Crippen LogP contribution in [-0.2, 0) is 10.4 Å². The lowest BCUT2D eigenvalue weighted by Gasteiger charge is -2.38. The van der Waals surface area contributed by atoms with E-state index in [0.717, 1.165) is 5.56 Å². The maximum absolute atomic E-state index is 11.9. The van der Waals surface area contributed by atoms with Gasteiger partial charge in [-0.05, 0) is 30.7 Å². The minimum Gasteiger partial charge on any atom is -0.478 e. The number of aliphatic carboxylic acids is 1. The molecule has 0 amide bonds. The van der Waals surface area contributed by atoms with Crippen molar-refractivity contribution in [1.29, 1.82) is 0 Å². The number of benzene rings is 2. The van der Waals surface area contributed by atoms with E-state index in [1.807, 2.05) is 31.2 Å². The average molecular weight is 349 g/mol. The van der Waals surface area contributed by atoms with Crippen LogP contribution in [0.3, 0.4) is 0 Å². The zero-order chi connectivity index (χ0) is 16.6. The van der Waals surface area contributed by atoms with E-state index in [4.69, 9.17) is 27.9 Å². The Morgan fingerprint density at radius 2 is 1.91 bits per heavy atom. The van der Waals surface area contributed by atoms with Crippen LogP contribution >= 0.6 is 23.2 Å². The Bertz CT molecular complexity index is 814. The van der Waals surface area contributed by atoms with Gasteiger partial charge in [-0.1, -0.05) is 54.4 Å². The van der Waals surface area contributed by atoms with E-state index in [9.17, 15) is 9.90 Å². The fourth-order valence-corrected chi connectivity index (χ4v) is 3.17. The Morgan fingerprint density at radius 3 is 2.57 bits per heavy atom. The molecule has 5 heteroatoms. The van der Waals surface area contributed by atoms with Gasteiger partial charge in [0.15, 0.2) is 5.60 Å². The molecular formula is C18H14Cl2O3. The van der Waals surface area contributed by atoms with Crippen molar-refractivity contribution in [3.05, 3.63) is 69.2 Å². The molecule has 1 aliphatic rings. The summed E-state index contributed by atoms with van der Waals surface area (Å²) in [7, 11) is 0. The standard InChI is InChI=1S/C18H14Cl2O3/c1-2-18(12-7-8-14(19)15(20)10-12)13(17(21)22)9-11-5-3-4-6-16(11)23-18/h3-10H,2H2,1H3,(H,21,22). The molecule has 1 N–H and O–H groups in total. The number of fused-ring (bicyclic) bond motifs is 1. The van der Waals surface area contributed by atoms with Crippen molar-refractivity contribution in [2.45, 2.75) is 18.9 Å². The van der Waals surface area contributed by atoms with Crippen molar-refractivity contribution >= 4 is 35.2 Å². The van der Waals surface area contributed by atoms with Crippen molar-refractivity contribution in [2.75, 3.05) is 0 Å². The minimum atomic E-state index is -1.10. The van der Waals surface area contributed by atoms with Crippen LogP contribution in [0.4, 0.5) is 0 Å². The highest BCUT2D eigenvalue weighted by atomic mass is 35.5. The smallest absolute Gasteiger partial charge is 0.336 e. The summed E-state index contributed by atoms with van der Waals surface area (Å²) in [5, 5.41) is 10.5. The Hall–Kier alpha value is -1.97. The van der Waals surface area contributed by atoms with E-state index in [-0.39, 0.29) is 5.57 Å². The Kier molecular flexibility index (Phi) is 4.09. The molecule has 0 spiro atoms. The molecular weight excluding hydrogens is 335 g/mol. The molecule has 0 fully saturated rings. The van der Waals surface area contributed by atoms with Gasteiger partial charge in [-0.25, -0.2) is 4.79 Å². The Morgan fingerprint density at radius 1 is 1.17 bits per heavy atom. The molecule has 23 heavy (non-hydrogen) atoms. The number of hydrogen-bond acceptors (Lipinski definition) is 2. The number of carboxylic acids is 1. The maximum Gasteiger partial charge on any atom is 0.336 e. The Balaban J connectivity index is 2.24. The van der Waals surface area contributed by atoms with Gasteiger partial charge in [-0.2, -0.15) is 0 Å². The van der Waals surface area contributed by atoms with Gasteiger partial charge in [0.05, 0.1) is 15.6 Å². The summed E-state index contributed by atoms with van der Waals surface area (Å²) >= 11 is 12.1. The van der Waals surface area contributed by atoms with E-state index >= 15 is 0 Å². The molecule has 2 aromatic rings. The molecule has 2 aromatic carbocycles. The zero-order valence-corrected chi connectivity index (χ0v) is 13.9. The van der Waals surface area contributed by atoms with Gasteiger partial charge in [0.25, 0.3) is 0 Å². The minimum absolute atomic E-state index is 0.178. The Labute approximate surface area is 144 Å². The topological polar surface area (TPSA) is 46.5 Å². The van der Waals surface area contributed by atoms with Crippen molar-refractivity contribution in [1.82, 2.24) is 0 Å². The molecule has 0 saturated heterocycles. The third kappa shape index (κ3) is 2.60. The van der Waals surface area contributed by atoms with E-state index in [1.54, 1.807) is 24.3 Å². The predicted octanol–water partition coefficient (Wildman–Crippen LogP) is 5.16. The third-order valence-corrected chi connectivity index (χ3v) is 4.79. The summed E-state index contributed by atoms with van der Waals surface area (Å²) in [6.45, 7) is 1.88. The van der Waals surface area contributed by atoms with Gasteiger partial charge in [0.1, 0.15) is 5.75 Å². The summed E-state index contributed by atoms with van der Waals surface area (Å²) in [6.07, 6.45) is 2.10. The van der Waals surface area contributed by atoms with E-state index in [1.165, 1.54) is 0 Å². The lowest BCUT2D eigenvalue weighted by atomic mass is 9.80. The highest BCUT2D eigenvalue weighted by Crippen LogP contribution is 2.45. The number of carboxylic acid groups (broad SMARTS) is 1. The van der Waals surface area contributed by atoms with Gasteiger partial charge in [0, 0.05) is 11.1 Å². The molecule has 0 bridgehead atoms. The van der Waals surface area contributed by atoms with Crippen LogP contribution in [0.2, 0.25) is 10.0 Å². The van der Waals surface area contributed by atoms with Crippen molar-refractivity contribution < 1.29 is 14.6 Å². The number of halogens is 2. The highest BCUT2D eigenvalue weighted by molar-refractivity contribution is 6.42. The fourth-order valence-electron chi connectivity index (χ4n) is 2.87. The molecule has 0 saturated carbocycles. The molecule has 118 valence electrons. The second-order valence-electron chi connectivity index (χ2n) is 5.31. The third-order valence-electron chi connectivity index (χ3n) is 4.05. The van der Waals surface area contributed by atoms with Crippen molar-refractivity contribution in [2.24, 2.45) is 0 Å². The number of para-hydroxylation sites is 1. The van der Waals surface area contributed by atoms with Gasteiger partial charge in [-0.15, -0.1) is 0 Å². The number of carbonyl (C=O) groups is 1. The molecule has 1 aliphatic heterocycles. The quantitative estimate of drug-likeness (QED) is 0.833. The fraction of sp³-hybridized carbons (Fsp3) is 0.167. The van der Waals surface area contributed by atoms with Crippen molar-refractivity contribution in [3.63, 3.8) is 0 Å². The van der Waals surface area contributed by atoms with Crippen LogP contribution in [0.15, 0.2) is 48.0 Å². The zero-order valence-electron chi connectivity index (χ0n) is 12.3. The number of ether oxygens (including phenoxy) is 1. The van der Waals surface area contributed by atoms with Crippen molar-refractivity contribution in [3.8, 4) is 5.75 Å². The largest absolute Gasteiger partial charge is 0.478 e. The molecule has 0 aromatic heterocycles. The molecule has 3 rings (SSSR count). The monoisotopic (exact) mass is 348 g/mol. The highest BCUT2D eigenvalue weighted by Gasteiger charge is 2.43. The second kappa shape index (κ2) is 5.91. The van der Waals surface area contributed by atoms with Crippen LogP contribution in [0.25, 0.3) is 6.08 Å². The summed E-state index contributed by atoms with van der Waals surface area (Å²) in [5.74, 6) is -0.377. The number of hydrogen-bond donors (Lipinski definition) is 1. The first-order chi connectivity index (χ1) is 11.0. The summed E-state index contributed by atoms with van der Waals surface area (Å²) < 4.78 is 6.17. The lowest BCUT2D eigenvalue weighted by molar-refractivity contribution is -0.135. The summed E-state index contributed by atoms with van der Waals surface area (Å²) in [6, 6.07) is 12.4. The number of rotatable bonds is 3. The van der Waals surface area contributed by atoms with Crippen LogP contribution in [0.1, 0.15) is 24.5 Å². The van der Waals surface area contributed by atoms with Gasteiger partial charge < -0.3 is 9.84 Å². The van der Waals surface area contributed by atoms with E-state index in [0.29, 0.717) is 27.8 Å². The summed E-state index contributed by atoms with van der Waals surface area (Å²) in [4.78, 5) is 11.9. The average Bonchev–Trinajstić information content (AvgIpc) is 2.55. The van der Waals surface area contributed by atoms with Crippen LogP contribution < -0.4 is 4.74 Å². The van der Waals surface area contributed by atoms with Crippen LogP contribution in [0, 0.1) is 0 Å². The normalized spacial score (nSPS) is 19.5. The SMILES string of the molecule is CCC1(c2ccc(Cl)c(Cl)c2)Oc2ccccc2C=C1C(=O)O. The van der Waals surface area contributed by atoms with Crippen LogP contribution in [-0.4, -0.2) is 11.1 Å². The molecule has 1 atom stereocenters.